The van der Waals surface area contributed by atoms with Crippen LogP contribution >= 0.6 is 0 Å². The van der Waals surface area contributed by atoms with Crippen LogP contribution in [0.15, 0.2) is 42.5 Å². The summed E-state index contributed by atoms with van der Waals surface area (Å²) in [7, 11) is 0. The lowest BCUT2D eigenvalue weighted by Crippen LogP contribution is -2.36. The van der Waals surface area contributed by atoms with Crippen LogP contribution in [0, 0.1) is 10.1 Å². The van der Waals surface area contributed by atoms with Crippen LogP contribution in [0.4, 0.5) is 22.7 Å². The molecule has 0 unspecified atom stereocenters. The van der Waals surface area contributed by atoms with Crippen LogP contribution in [0.2, 0.25) is 0 Å². The number of hydrogen-bond donors (Lipinski definition) is 3. The Balaban J connectivity index is 1.57. The second-order valence-electron chi connectivity index (χ2n) is 6.91. The number of nitro groups is 1. The molecule has 1 saturated heterocycles. The summed E-state index contributed by atoms with van der Waals surface area (Å²) in [6, 6.07) is 10.9. The molecule has 3 rings (SSSR count). The van der Waals surface area contributed by atoms with Crippen molar-refractivity contribution in [1.29, 1.82) is 0 Å². The first kappa shape index (κ1) is 23.0. The van der Waals surface area contributed by atoms with Crippen molar-refractivity contribution in [3.8, 4) is 0 Å². The van der Waals surface area contributed by atoms with E-state index < -0.39 is 23.4 Å². The molecule has 2 aromatic rings. The number of benzene rings is 2. The van der Waals surface area contributed by atoms with Gasteiger partial charge in [-0.3, -0.25) is 14.9 Å². The normalized spacial score (nSPS) is 13.3. The molecule has 0 bridgehead atoms. The van der Waals surface area contributed by atoms with E-state index in [-0.39, 0.29) is 30.1 Å². The van der Waals surface area contributed by atoms with Crippen LogP contribution in [-0.4, -0.2) is 68.0 Å². The fourth-order valence-corrected chi connectivity index (χ4v) is 3.14. The van der Waals surface area contributed by atoms with Gasteiger partial charge in [-0.1, -0.05) is 0 Å². The lowest BCUT2D eigenvalue weighted by molar-refractivity contribution is -0.384. The summed E-state index contributed by atoms with van der Waals surface area (Å²) < 4.78 is 10.4. The fourth-order valence-electron chi connectivity index (χ4n) is 3.14. The second-order valence-corrected chi connectivity index (χ2v) is 6.91. The Morgan fingerprint density at radius 1 is 1.16 bits per heavy atom. The predicted octanol–water partition coefficient (Wildman–Crippen LogP) is 1.63. The summed E-state index contributed by atoms with van der Waals surface area (Å²) in [4.78, 5) is 37.2. The van der Waals surface area contributed by atoms with Crippen molar-refractivity contribution in [1.82, 2.24) is 0 Å². The summed E-state index contributed by atoms with van der Waals surface area (Å²) >= 11 is 0. The number of carbonyl (C=O) groups excluding carboxylic acids is 2. The number of morpholine rings is 1. The molecule has 2 aromatic carbocycles. The summed E-state index contributed by atoms with van der Waals surface area (Å²) in [5.74, 6) is -1.44. The Morgan fingerprint density at radius 3 is 2.53 bits per heavy atom. The zero-order chi connectivity index (χ0) is 22.9. The van der Waals surface area contributed by atoms with Crippen molar-refractivity contribution in [2.24, 2.45) is 0 Å². The average Bonchev–Trinajstić information content (AvgIpc) is 2.82. The molecule has 0 saturated carbocycles. The van der Waals surface area contributed by atoms with Crippen LogP contribution in [0.5, 0.6) is 0 Å². The molecule has 1 amide bonds. The van der Waals surface area contributed by atoms with Gasteiger partial charge in [0.05, 0.1) is 30.3 Å². The minimum absolute atomic E-state index is 0.102. The topological polar surface area (TPSA) is 143 Å². The van der Waals surface area contributed by atoms with Crippen molar-refractivity contribution >= 4 is 34.6 Å². The SMILES string of the molecule is O=C(COC(=O)c1cc([N+](=O)[O-])ccc1NCCO)Nc1ccc(N2CCOCC2)cc1. The van der Waals surface area contributed by atoms with Crippen LogP contribution in [0.3, 0.4) is 0 Å². The number of hydrogen-bond acceptors (Lipinski definition) is 9. The maximum absolute atomic E-state index is 12.4. The quantitative estimate of drug-likeness (QED) is 0.299. The molecule has 32 heavy (non-hydrogen) atoms. The molecule has 0 atom stereocenters. The molecular weight excluding hydrogens is 420 g/mol. The fraction of sp³-hybridized carbons (Fsp3) is 0.333. The number of anilines is 3. The highest BCUT2D eigenvalue weighted by Crippen LogP contribution is 2.23. The number of esters is 1. The lowest BCUT2D eigenvalue weighted by Gasteiger charge is -2.28. The Morgan fingerprint density at radius 2 is 1.88 bits per heavy atom. The molecule has 1 aliphatic rings. The zero-order valence-electron chi connectivity index (χ0n) is 17.3. The molecule has 11 heteroatoms. The van der Waals surface area contributed by atoms with Gasteiger partial charge in [0.25, 0.3) is 11.6 Å². The number of nitrogens with zero attached hydrogens (tertiary/aromatic N) is 2. The highest BCUT2D eigenvalue weighted by Gasteiger charge is 2.19. The summed E-state index contributed by atoms with van der Waals surface area (Å²) in [6.07, 6.45) is 0. The Bertz CT molecular complexity index is 959. The Kier molecular flexibility index (Phi) is 7.95. The second kappa shape index (κ2) is 11.1. The summed E-state index contributed by atoms with van der Waals surface area (Å²) in [6.45, 7) is 2.32. The van der Waals surface area contributed by atoms with Gasteiger partial charge in [0.2, 0.25) is 0 Å². The number of aliphatic hydroxyl groups is 1. The van der Waals surface area contributed by atoms with Gasteiger partial charge >= 0.3 is 5.97 Å². The average molecular weight is 444 g/mol. The molecular formula is C21H24N4O7. The molecule has 1 fully saturated rings. The Hall–Kier alpha value is -3.70. The number of rotatable bonds is 9. The number of nitrogens with one attached hydrogen (secondary N) is 2. The van der Waals surface area contributed by atoms with Gasteiger partial charge in [0.15, 0.2) is 6.61 Å². The van der Waals surface area contributed by atoms with E-state index >= 15 is 0 Å². The highest BCUT2D eigenvalue weighted by molar-refractivity contribution is 5.99. The van der Waals surface area contributed by atoms with Gasteiger partial charge in [-0.25, -0.2) is 4.79 Å². The minimum atomic E-state index is -0.896. The summed E-state index contributed by atoms with van der Waals surface area (Å²) in [5, 5.41) is 25.4. The maximum Gasteiger partial charge on any atom is 0.341 e. The van der Waals surface area contributed by atoms with Gasteiger partial charge in [-0.05, 0) is 30.3 Å². The third-order valence-electron chi connectivity index (χ3n) is 4.72. The van der Waals surface area contributed by atoms with Gasteiger partial charge in [-0.15, -0.1) is 0 Å². The van der Waals surface area contributed by atoms with Crippen molar-refractivity contribution in [3.63, 3.8) is 0 Å². The van der Waals surface area contributed by atoms with E-state index in [4.69, 9.17) is 14.6 Å². The van der Waals surface area contributed by atoms with Gasteiger partial charge in [0.1, 0.15) is 0 Å². The molecule has 3 N–H and O–H groups in total. The minimum Gasteiger partial charge on any atom is -0.452 e. The molecule has 170 valence electrons. The van der Waals surface area contributed by atoms with Crippen molar-refractivity contribution in [3.05, 3.63) is 58.1 Å². The van der Waals surface area contributed by atoms with E-state index in [0.717, 1.165) is 24.8 Å². The molecule has 1 aliphatic heterocycles. The van der Waals surface area contributed by atoms with Gasteiger partial charge < -0.3 is 30.1 Å². The number of ether oxygens (including phenoxy) is 2. The van der Waals surface area contributed by atoms with Gasteiger partial charge in [0, 0.05) is 48.8 Å². The van der Waals surface area contributed by atoms with Crippen LogP contribution in [-0.2, 0) is 14.3 Å². The standard InChI is InChI=1S/C21H24N4O7/c26-10-7-22-19-6-5-17(25(29)30)13-18(19)21(28)32-14-20(27)23-15-1-3-16(4-2-15)24-8-11-31-12-9-24/h1-6,13,22,26H,7-12,14H2,(H,23,27). The first-order valence-corrected chi connectivity index (χ1v) is 10.0. The van der Waals surface area contributed by atoms with E-state index in [9.17, 15) is 19.7 Å². The first-order valence-electron chi connectivity index (χ1n) is 10.0. The van der Waals surface area contributed by atoms with Crippen LogP contribution < -0.4 is 15.5 Å². The van der Waals surface area contributed by atoms with E-state index in [1.807, 2.05) is 12.1 Å². The zero-order valence-corrected chi connectivity index (χ0v) is 17.3. The predicted molar refractivity (Wildman–Crippen MR) is 117 cm³/mol. The number of nitro benzene ring substituents is 1. The number of carbonyl (C=O) groups is 2. The number of amides is 1. The molecule has 1 heterocycles. The molecule has 11 nitrogen and oxygen atoms in total. The van der Waals surface area contributed by atoms with E-state index in [2.05, 4.69) is 15.5 Å². The third kappa shape index (κ3) is 6.15. The number of non-ortho nitro benzene ring substituents is 1. The Labute approximate surface area is 184 Å². The van der Waals surface area contributed by atoms with E-state index in [1.54, 1.807) is 12.1 Å². The van der Waals surface area contributed by atoms with Gasteiger partial charge in [-0.2, -0.15) is 0 Å². The van der Waals surface area contributed by atoms with Crippen molar-refractivity contribution in [2.45, 2.75) is 0 Å². The maximum atomic E-state index is 12.4. The molecule has 0 aromatic heterocycles. The smallest absolute Gasteiger partial charge is 0.341 e. The van der Waals surface area contributed by atoms with Crippen molar-refractivity contribution in [2.75, 3.05) is 61.6 Å². The summed E-state index contributed by atoms with van der Waals surface area (Å²) in [5.41, 5.74) is 1.43. The first-order chi connectivity index (χ1) is 15.5. The largest absolute Gasteiger partial charge is 0.452 e. The molecule has 0 aliphatic carbocycles. The molecule has 0 spiro atoms. The highest BCUT2D eigenvalue weighted by atomic mass is 16.6. The lowest BCUT2D eigenvalue weighted by atomic mass is 10.1. The van der Waals surface area contributed by atoms with E-state index in [0.29, 0.717) is 18.9 Å². The molecule has 0 radical (unpaired) electrons. The van der Waals surface area contributed by atoms with Crippen LogP contribution in [0.25, 0.3) is 0 Å². The number of aliphatic hydroxyl groups excluding tert-OH is 1. The third-order valence-corrected chi connectivity index (χ3v) is 4.72. The van der Waals surface area contributed by atoms with Crippen molar-refractivity contribution < 1.29 is 29.1 Å². The monoisotopic (exact) mass is 444 g/mol. The van der Waals surface area contributed by atoms with Crippen LogP contribution in [0.1, 0.15) is 10.4 Å². The van der Waals surface area contributed by atoms with E-state index in [1.165, 1.54) is 12.1 Å².